The Morgan fingerprint density at radius 1 is 1.10 bits per heavy atom. The lowest BCUT2D eigenvalue weighted by Gasteiger charge is -2.36. The van der Waals surface area contributed by atoms with Crippen molar-refractivity contribution in [2.24, 2.45) is 5.92 Å². The number of hydrogen-bond donors (Lipinski definition) is 2. The van der Waals surface area contributed by atoms with E-state index in [-0.39, 0.29) is 17.9 Å². The summed E-state index contributed by atoms with van der Waals surface area (Å²) in [7, 11) is 1.00. The molecule has 0 bridgehead atoms. The first-order valence-corrected chi connectivity index (χ1v) is 11.1. The summed E-state index contributed by atoms with van der Waals surface area (Å²) in [6.45, 7) is 8.43. The Hall–Kier alpha value is -1.47. The van der Waals surface area contributed by atoms with E-state index in [4.69, 9.17) is 9.84 Å². The molecule has 3 atom stereocenters. The van der Waals surface area contributed by atoms with Crippen molar-refractivity contribution < 1.29 is 24.2 Å². The van der Waals surface area contributed by atoms with Crippen molar-refractivity contribution in [2.45, 2.75) is 97.2 Å². The fraction of sp³-hybridized carbons (Fsp3) is 0.864. The van der Waals surface area contributed by atoms with Gasteiger partial charge >= 0.3 is 0 Å². The molecule has 0 spiro atoms. The number of nitrogens with one attached hydrogen (secondary N) is 1. The predicted octanol–water partition coefficient (Wildman–Crippen LogP) is 2.69. The summed E-state index contributed by atoms with van der Waals surface area (Å²) in [4.78, 5) is 37.5. The smallest absolute Gasteiger partial charge is 0.248 e. The van der Waals surface area contributed by atoms with E-state index in [2.05, 4.69) is 5.32 Å². The van der Waals surface area contributed by atoms with Gasteiger partial charge in [-0.1, -0.05) is 33.1 Å². The van der Waals surface area contributed by atoms with Gasteiger partial charge in [-0.15, -0.1) is 0 Å². The van der Waals surface area contributed by atoms with E-state index >= 15 is 0 Å². The molecule has 3 unspecified atom stereocenters. The lowest BCUT2D eigenvalue weighted by atomic mass is 9.90. The lowest BCUT2D eigenvalue weighted by Crippen LogP contribution is -2.57. The summed E-state index contributed by atoms with van der Waals surface area (Å²) in [5.41, 5.74) is 0. The predicted molar refractivity (Wildman–Crippen MR) is 115 cm³/mol. The highest BCUT2D eigenvalue weighted by atomic mass is 16.5. The normalized spacial score (nSPS) is 21.4. The van der Waals surface area contributed by atoms with Gasteiger partial charge in [-0.25, -0.2) is 0 Å². The van der Waals surface area contributed by atoms with Crippen molar-refractivity contribution in [3.8, 4) is 0 Å². The van der Waals surface area contributed by atoms with Gasteiger partial charge in [-0.2, -0.15) is 0 Å². The first-order chi connectivity index (χ1) is 14.0. The van der Waals surface area contributed by atoms with Gasteiger partial charge in [-0.3, -0.25) is 9.59 Å². The SMILES string of the molecule is CC.CC(=O)NC(C(=O)N1CCCCC1C=O)C(C)OCC1CCCCC1.CO. The highest BCUT2D eigenvalue weighted by Gasteiger charge is 2.35. The monoisotopic (exact) mass is 414 g/mol. The number of nitrogens with zero attached hydrogens (tertiary/aromatic N) is 1. The van der Waals surface area contributed by atoms with Crippen LogP contribution < -0.4 is 5.32 Å². The van der Waals surface area contributed by atoms with Crippen LogP contribution in [0.4, 0.5) is 0 Å². The summed E-state index contributed by atoms with van der Waals surface area (Å²) in [5, 5.41) is 9.74. The number of aldehydes is 1. The Morgan fingerprint density at radius 2 is 1.69 bits per heavy atom. The highest BCUT2D eigenvalue weighted by Crippen LogP contribution is 2.24. The van der Waals surface area contributed by atoms with E-state index in [9.17, 15) is 14.4 Å². The molecular weight excluding hydrogens is 372 g/mol. The second-order valence-corrected chi connectivity index (χ2v) is 7.45. The molecular formula is C22H42N2O5. The van der Waals surface area contributed by atoms with Crippen LogP contribution in [0, 0.1) is 5.92 Å². The molecule has 1 saturated carbocycles. The second kappa shape index (κ2) is 16.3. The second-order valence-electron chi connectivity index (χ2n) is 7.45. The molecule has 7 heteroatoms. The van der Waals surface area contributed by atoms with Crippen LogP contribution in [0.5, 0.6) is 0 Å². The Balaban J connectivity index is 0.00000184. The van der Waals surface area contributed by atoms with Crippen LogP contribution >= 0.6 is 0 Å². The minimum Gasteiger partial charge on any atom is -0.400 e. The van der Waals surface area contributed by atoms with E-state index in [1.807, 2.05) is 20.8 Å². The maximum Gasteiger partial charge on any atom is 0.248 e. The lowest BCUT2D eigenvalue weighted by molar-refractivity contribution is -0.145. The quantitative estimate of drug-likeness (QED) is 0.625. The van der Waals surface area contributed by atoms with Gasteiger partial charge in [-0.05, 0) is 44.9 Å². The zero-order chi connectivity index (χ0) is 22.2. The minimum atomic E-state index is -0.735. The molecule has 170 valence electrons. The average molecular weight is 415 g/mol. The molecule has 7 nitrogen and oxygen atoms in total. The number of carbonyl (C=O) groups is 3. The first-order valence-electron chi connectivity index (χ1n) is 11.1. The van der Waals surface area contributed by atoms with Crippen molar-refractivity contribution in [2.75, 3.05) is 20.3 Å². The number of aliphatic hydroxyl groups is 1. The maximum absolute atomic E-state index is 13.0. The molecule has 0 aromatic carbocycles. The third-order valence-electron chi connectivity index (χ3n) is 5.40. The van der Waals surface area contributed by atoms with Crippen LogP contribution in [0.15, 0.2) is 0 Å². The van der Waals surface area contributed by atoms with Crippen LogP contribution in [0.3, 0.4) is 0 Å². The number of aliphatic hydroxyl groups excluding tert-OH is 1. The topological polar surface area (TPSA) is 95.9 Å². The molecule has 0 aromatic heterocycles. The molecule has 2 amide bonds. The van der Waals surface area contributed by atoms with Crippen molar-refractivity contribution in [3.05, 3.63) is 0 Å². The molecule has 2 N–H and O–H groups in total. The van der Waals surface area contributed by atoms with E-state index < -0.39 is 12.1 Å². The van der Waals surface area contributed by atoms with Crippen LogP contribution in [-0.4, -0.2) is 66.6 Å². The fourth-order valence-corrected chi connectivity index (χ4v) is 3.89. The van der Waals surface area contributed by atoms with Gasteiger partial charge in [0.1, 0.15) is 12.3 Å². The van der Waals surface area contributed by atoms with Crippen molar-refractivity contribution in [1.82, 2.24) is 10.2 Å². The van der Waals surface area contributed by atoms with E-state index in [1.165, 1.54) is 39.0 Å². The summed E-state index contributed by atoms with van der Waals surface area (Å²) in [6, 6.07) is -1.12. The van der Waals surface area contributed by atoms with Crippen LogP contribution in [0.2, 0.25) is 0 Å². The number of carbonyl (C=O) groups excluding carboxylic acids is 3. The van der Waals surface area contributed by atoms with Gasteiger partial charge in [0, 0.05) is 27.2 Å². The molecule has 0 radical (unpaired) electrons. The summed E-state index contributed by atoms with van der Waals surface area (Å²) in [5.74, 6) is 0.0799. The minimum absolute atomic E-state index is 0.205. The third-order valence-corrected chi connectivity index (χ3v) is 5.40. The molecule has 1 saturated heterocycles. The van der Waals surface area contributed by atoms with Crippen LogP contribution in [0.1, 0.15) is 79.1 Å². The third kappa shape index (κ3) is 9.72. The number of likely N-dealkylation sites (tertiary alicyclic amines) is 1. The number of piperidine rings is 1. The Bertz CT molecular complexity index is 466. The standard InChI is InChI=1S/C19H32N2O4.C2H6.CH4O/c1-14(25-13-16-8-4-3-5-9-16)18(20-15(2)23)19(24)21-11-7-6-10-17(21)12-22;2*1-2/h12,14,16-18H,3-11,13H2,1-2H3,(H,20,23);1-2H3;2H,1H3. The molecule has 1 heterocycles. The fourth-order valence-electron chi connectivity index (χ4n) is 3.89. The summed E-state index contributed by atoms with van der Waals surface area (Å²) < 4.78 is 5.97. The van der Waals surface area contributed by atoms with Crippen LogP contribution in [0.25, 0.3) is 0 Å². The zero-order valence-electron chi connectivity index (χ0n) is 19.0. The molecule has 1 aliphatic carbocycles. The van der Waals surface area contributed by atoms with Gasteiger partial charge in [0.05, 0.1) is 12.1 Å². The molecule has 0 aromatic rings. The Labute approximate surface area is 176 Å². The average Bonchev–Trinajstić information content (AvgIpc) is 2.78. The molecule has 1 aliphatic heterocycles. The van der Waals surface area contributed by atoms with Gasteiger partial charge in [0.2, 0.25) is 11.8 Å². The Morgan fingerprint density at radius 3 is 2.24 bits per heavy atom. The Kier molecular flexibility index (Phi) is 15.5. The zero-order valence-corrected chi connectivity index (χ0v) is 19.0. The molecule has 2 rings (SSSR count). The molecule has 2 aliphatic rings. The van der Waals surface area contributed by atoms with E-state index in [0.29, 0.717) is 25.5 Å². The summed E-state index contributed by atoms with van der Waals surface area (Å²) >= 11 is 0. The number of ether oxygens (including phenoxy) is 1. The number of amides is 2. The number of rotatable bonds is 7. The van der Waals surface area contributed by atoms with Crippen molar-refractivity contribution in [3.63, 3.8) is 0 Å². The first kappa shape index (κ1) is 27.5. The van der Waals surface area contributed by atoms with E-state index in [1.54, 1.807) is 4.90 Å². The molecule has 29 heavy (non-hydrogen) atoms. The van der Waals surface area contributed by atoms with Crippen molar-refractivity contribution >= 4 is 18.1 Å². The van der Waals surface area contributed by atoms with Gasteiger partial charge in [0.15, 0.2) is 0 Å². The van der Waals surface area contributed by atoms with Gasteiger partial charge in [0.25, 0.3) is 0 Å². The molecule has 2 fully saturated rings. The summed E-state index contributed by atoms with van der Waals surface area (Å²) in [6.07, 6.45) is 9.08. The highest BCUT2D eigenvalue weighted by molar-refractivity contribution is 5.89. The largest absolute Gasteiger partial charge is 0.400 e. The van der Waals surface area contributed by atoms with Crippen molar-refractivity contribution in [1.29, 1.82) is 0 Å². The van der Waals surface area contributed by atoms with E-state index in [0.717, 1.165) is 26.2 Å². The van der Waals surface area contributed by atoms with Gasteiger partial charge < -0.3 is 24.9 Å². The van der Waals surface area contributed by atoms with Crippen LogP contribution in [-0.2, 0) is 19.1 Å². The maximum atomic E-state index is 13.0. The number of hydrogen-bond acceptors (Lipinski definition) is 5.